The molecule has 146 valence electrons. The average Bonchev–Trinajstić information content (AvgIpc) is 2.74. The molecule has 0 saturated carbocycles. The third kappa shape index (κ3) is 5.46. The summed E-state index contributed by atoms with van der Waals surface area (Å²) in [5, 5.41) is 0.691. The predicted octanol–water partition coefficient (Wildman–Crippen LogP) is 4.25. The van der Waals surface area contributed by atoms with Crippen LogP contribution in [0.1, 0.15) is 24.0 Å². The highest BCUT2D eigenvalue weighted by Crippen LogP contribution is 2.21. The van der Waals surface area contributed by atoms with Crippen molar-refractivity contribution < 1.29 is 9.59 Å². The lowest BCUT2D eigenvalue weighted by molar-refractivity contribution is -0.138. The second-order valence-electron chi connectivity index (χ2n) is 7.16. The van der Waals surface area contributed by atoms with Crippen LogP contribution in [0.15, 0.2) is 60.7 Å². The van der Waals surface area contributed by atoms with Crippen molar-refractivity contribution in [3.63, 3.8) is 0 Å². The van der Waals surface area contributed by atoms with Crippen molar-refractivity contribution in [3.05, 3.63) is 76.8 Å². The van der Waals surface area contributed by atoms with Crippen LogP contribution in [0.4, 0.5) is 0 Å². The molecule has 0 unspecified atom stereocenters. The number of likely N-dealkylation sites (tertiary alicyclic amines) is 1. The fraction of sp³-hybridized carbons (Fsp3) is 0.304. The molecule has 2 amide bonds. The summed E-state index contributed by atoms with van der Waals surface area (Å²) in [6.45, 7) is 1.79. The minimum absolute atomic E-state index is 0.00395. The van der Waals surface area contributed by atoms with Crippen LogP contribution in [0.3, 0.4) is 0 Å². The number of carbonyl (C=O) groups excluding carboxylic acids is 2. The lowest BCUT2D eigenvalue weighted by Crippen LogP contribution is -2.42. The first-order chi connectivity index (χ1) is 13.5. The van der Waals surface area contributed by atoms with Crippen LogP contribution in [0.25, 0.3) is 6.08 Å². The number of benzene rings is 2. The molecule has 1 saturated heterocycles. The van der Waals surface area contributed by atoms with Gasteiger partial charge in [-0.05, 0) is 42.2 Å². The van der Waals surface area contributed by atoms with Crippen molar-refractivity contribution in [1.82, 2.24) is 9.80 Å². The van der Waals surface area contributed by atoms with E-state index >= 15 is 0 Å². The largest absolute Gasteiger partial charge is 0.341 e. The maximum absolute atomic E-state index is 12.7. The maximum atomic E-state index is 12.7. The zero-order chi connectivity index (χ0) is 19.9. The Morgan fingerprint density at radius 3 is 2.36 bits per heavy atom. The van der Waals surface area contributed by atoms with Gasteiger partial charge in [-0.2, -0.15) is 0 Å². The van der Waals surface area contributed by atoms with Gasteiger partial charge in [0, 0.05) is 43.7 Å². The summed E-state index contributed by atoms with van der Waals surface area (Å²) in [4.78, 5) is 28.7. The van der Waals surface area contributed by atoms with Gasteiger partial charge >= 0.3 is 0 Å². The Hall–Kier alpha value is -2.59. The Bertz CT molecular complexity index is 825. The molecule has 28 heavy (non-hydrogen) atoms. The Kier molecular flexibility index (Phi) is 6.88. The highest BCUT2D eigenvalue weighted by atomic mass is 35.5. The first-order valence-corrected chi connectivity index (χ1v) is 9.92. The lowest BCUT2D eigenvalue weighted by Gasteiger charge is -2.32. The summed E-state index contributed by atoms with van der Waals surface area (Å²) in [6, 6.07) is 17.3. The molecule has 0 N–H and O–H groups in total. The molecule has 0 bridgehead atoms. The minimum atomic E-state index is -0.0283. The first kappa shape index (κ1) is 20.2. The summed E-state index contributed by atoms with van der Waals surface area (Å²) < 4.78 is 0. The third-order valence-electron chi connectivity index (χ3n) is 5.08. The van der Waals surface area contributed by atoms with Gasteiger partial charge in [0.25, 0.3) is 0 Å². The topological polar surface area (TPSA) is 40.6 Å². The van der Waals surface area contributed by atoms with Crippen molar-refractivity contribution >= 4 is 29.5 Å². The van der Waals surface area contributed by atoms with Gasteiger partial charge in [0.2, 0.25) is 11.8 Å². The van der Waals surface area contributed by atoms with E-state index in [9.17, 15) is 9.59 Å². The molecule has 0 radical (unpaired) electrons. The van der Waals surface area contributed by atoms with Crippen molar-refractivity contribution in [2.75, 3.05) is 20.1 Å². The van der Waals surface area contributed by atoms with Crippen LogP contribution < -0.4 is 0 Å². The van der Waals surface area contributed by atoms with Crippen LogP contribution in [-0.4, -0.2) is 41.8 Å². The molecule has 0 spiro atoms. The highest BCUT2D eigenvalue weighted by molar-refractivity contribution is 6.30. The Morgan fingerprint density at radius 1 is 1.07 bits per heavy atom. The molecule has 2 aromatic rings. The van der Waals surface area contributed by atoms with Crippen molar-refractivity contribution in [1.29, 1.82) is 0 Å². The Morgan fingerprint density at radius 2 is 1.71 bits per heavy atom. The monoisotopic (exact) mass is 396 g/mol. The standard InChI is InChI=1S/C23H25ClN2O2/c1-25(17-19-7-10-21(24)11-8-19)23(28)20-13-15-26(16-14-20)22(27)12-9-18-5-3-2-4-6-18/h2-12,20H,13-17H2,1H3/b12-9+. The number of nitrogens with zero attached hydrogens (tertiary/aromatic N) is 2. The molecule has 1 aliphatic heterocycles. The first-order valence-electron chi connectivity index (χ1n) is 9.54. The SMILES string of the molecule is CN(Cc1ccc(Cl)cc1)C(=O)C1CCN(C(=O)/C=C/c2ccccc2)CC1. The van der Waals surface area contributed by atoms with Crippen molar-refractivity contribution in [3.8, 4) is 0 Å². The molecular formula is C23H25ClN2O2. The maximum Gasteiger partial charge on any atom is 0.246 e. The van der Waals surface area contributed by atoms with Crippen LogP contribution >= 0.6 is 11.6 Å². The summed E-state index contributed by atoms with van der Waals surface area (Å²) in [5.41, 5.74) is 2.06. The Labute approximate surface area is 171 Å². The Balaban J connectivity index is 1.48. The third-order valence-corrected chi connectivity index (χ3v) is 5.34. The molecule has 0 aliphatic carbocycles. The van der Waals surface area contributed by atoms with E-state index in [4.69, 9.17) is 11.6 Å². The van der Waals surface area contributed by atoms with Gasteiger partial charge in [-0.25, -0.2) is 0 Å². The lowest BCUT2D eigenvalue weighted by atomic mass is 9.95. The molecule has 1 fully saturated rings. The van der Waals surface area contributed by atoms with E-state index in [1.807, 2.05) is 72.6 Å². The molecular weight excluding hydrogens is 372 g/mol. The van der Waals surface area contributed by atoms with Crippen LogP contribution in [0, 0.1) is 5.92 Å². The molecule has 1 heterocycles. The average molecular weight is 397 g/mol. The zero-order valence-electron chi connectivity index (χ0n) is 16.1. The number of amides is 2. The highest BCUT2D eigenvalue weighted by Gasteiger charge is 2.28. The van der Waals surface area contributed by atoms with Gasteiger partial charge in [0.1, 0.15) is 0 Å². The second kappa shape index (κ2) is 9.56. The van der Waals surface area contributed by atoms with Gasteiger partial charge in [0.05, 0.1) is 0 Å². The summed E-state index contributed by atoms with van der Waals surface area (Å²) >= 11 is 5.91. The molecule has 5 heteroatoms. The van der Waals surface area contributed by atoms with Gasteiger partial charge in [-0.1, -0.05) is 54.1 Å². The van der Waals surface area contributed by atoms with Crippen LogP contribution in [0.5, 0.6) is 0 Å². The number of piperidine rings is 1. The molecule has 0 aromatic heterocycles. The number of rotatable bonds is 5. The molecule has 4 nitrogen and oxygen atoms in total. The smallest absolute Gasteiger partial charge is 0.246 e. The molecule has 2 aromatic carbocycles. The van der Waals surface area contributed by atoms with Crippen molar-refractivity contribution in [2.24, 2.45) is 5.92 Å². The zero-order valence-corrected chi connectivity index (χ0v) is 16.8. The van der Waals surface area contributed by atoms with Gasteiger partial charge in [-0.3, -0.25) is 9.59 Å². The number of hydrogen-bond acceptors (Lipinski definition) is 2. The van der Waals surface area contributed by atoms with Gasteiger partial charge in [-0.15, -0.1) is 0 Å². The van der Waals surface area contributed by atoms with Gasteiger partial charge < -0.3 is 9.80 Å². The molecule has 0 atom stereocenters. The van der Waals surface area contributed by atoms with E-state index in [0.29, 0.717) is 37.5 Å². The molecule has 3 rings (SSSR count). The summed E-state index contributed by atoms with van der Waals surface area (Å²) in [6.07, 6.45) is 4.85. The summed E-state index contributed by atoms with van der Waals surface area (Å²) in [5.74, 6) is 0.116. The van der Waals surface area contributed by atoms with E-state index < -0.39 is 0 Å². The second-order valence-corrected chi connectivity index (χ2v) is 7.60. The fourth-order valence-corrected chi connectivity index (χ4v) is 3.56. The van der Waals surface area contributed by atoms with E-state index in [2.05, 4.69) is 0 Å². The number of hydrogen-bond donors (Lipinski definition) is 0. The fourth-order valence-electron chi connectivity index (χ4n) is 3.44. The van der Waals surface area contributed by atoms with Crippen LogP contribution in [-0.2, 0) is 16.1 Å². The molecule has 1 aliphatic rings. The number of carbonyl (C=O) groups is 2. The predicted molar refractivity (Wildman–Crippen MR) is 113 cm³/mol. The summed E-state index contributed by atoms with van der Waals surface area (Å²) in [7, 11) is 1.83. The minimum Gasteiger partial charge on any atom is -0.341 e. The van der Waals surface area contributed by atoms with Crippen molar-refractivity contribution in [2.45, 2.75) is 19.4 Å². The quantitative estimate of drug-likeness (QED) is 0.709. The normalized spacial score (nSPS) is 15.0. The van der Waals surface area contributed by atoms with E-state index in [1.165, 1.54) is 0 Å². The van der Waals surface area contributed by atoms with Gasteiger partial charge in [0.15, 0.2) is 0 Å². The van der Waals surface area contributed by atoms with Crippen LogP contribution in [0.2, 0.25) is 5.02 Å². The van der Waals surface area contributed by atoms with E-state index in [1.54, 1.807) is 11.0 Å². The number of halogens is 1. The van der Waals surface area contributed by atoms with E-state index in [-0.39, 0.29) is 17.7 Å². The van der Waals surface area contributed by atoms with E-state index in [0.717, 1.165) is 11.1 Å².